The number of nitrogens with two attached hydrogens (primary N) is 1. The maximum absolute atomic E-state index is 6.32. The molecule has 0 fully saturated rings. The lowest BCUT2D eigenvalue weighted by Gasteiger charge is -2.15. The van der Waals surface area contributed by atoms with Crippen molar-refractivity contribution in [2.45, 2.75) is 39.3 Å². The number of nitrogens with zero attached hydrogens (tertiary/aromatic N) is 3. The molecule has 1 unspecified atom stereocenters. The Balaban J connectivity index is 2.18. The van der Waals surface area contributed by atoms with Crippen LogP contribution < -0.4 is 5.73 Å². The van der Waals surface area contributed by atoms with Gasteiger partial charge in [0.1, 0.15) is 12.2 Å². The molecule has 0 aliphatic heterocycles. The Hall–Kier alpha value is -1.20. The molecule has 0 saturated carbocycles. The van der Waals surface area contributed by atoms with E-state index < -0.39 is 0 Å². The van der Waals surface area contributed by atoms with E-state index in [1.807, 2.05) is 16.8 Å². The molecule has 0 aliphatic carbocycles. The summed E-state index contributed by atoms with van der Waals surface area (Å²) in [5, 5.41) is 4.23. The van der Waals surface area contributed by atoms with Gasteiger partial charge in [-0.1, -0.05) is 35.0 Å². The minimum absolute atomic E-state index is 0.0580. The van der Waals surface area contributed by atoms with E-state index in [9.17, 15) is 0 Å². The quantitative estimate of drug-likeness (QED) is 0.920. The summed E-state index contributed by atoms with van der Waals surface area (Å²) in [4.78, 5) is 4.31. The molecule has 5 heteroatoms. The van der Waals surface area contributed by atoms with E-state index in [0.717, 1.165) is 28.8 Å². The van der Waals surface area contributed by atoms with Crippen LogP contribution in [0.15, 0.2) is 29.0 Å². The highest BCUT2D eigenvalue weighted by Gasteiger charge is 2.14. The molecule has 0 saturated heterocycles. The van der Waals surface area contributed by atoms with E-state index in [1.165, 1.54) is 5.56 Å². The predicted octanol–water partition coefficient (Wildman–Crippen LogP) is 3.00. The van der Waals surface area contributed by atoms with Gasteiger partial charge in [-0.25, -0.2) is 4.98 Å². The predicted molar refractivity (Wildman–Crippen MR) is 79.8 cm³/mol. The molecule has 102 valence electrons. The molecule has 4 nitrogen and oxygen atoms in total. The molecular weight excluding hydrogens is 304 g/mol. The number of aryl methyl sites for hydroxylation is 1. The summed E-state index contributed by atoms with van der Waals surface area (Å²) in [6.45, 7) is 5.10. The van der Waals surface area contributed by atoms with Crippen molar-refractivity contribution in [2.75, 3.05) is 0 Å². The summed E-state index contributed by atoms with van der Waals surface area (Å²) in [5.41, 5.74) is 8.66. The Kier molecular flexibility index (Phi) is 4.71. The summed E-state index contributed by atoms with van der Waals surface area (Å²) < 4.78 is 3.03. The third-order valence-electron chi connectivity index (χ3n) is 3.24. The van der Waals surface area contributed by atoms with Gasteiger partial charge in [0.15, 0.2) is 0 Å². The summed E-state index contributed by atoms with van der Waals surface area (Å²) in [7, 11) is 0. The normalized spacial score (nSPS) is 12.6. The molecule has 0 aliphatic rings. The molecule has 2 aromatic rings. The first-order valence-electron chi connectivity index (χ1n) is 6.50. The number of hydrogen-bond donors (Lipinski definition) is 1. The number of benzene rings is 1. The van der Waals surface area contributed by atoms with Crippen molar-refractivity contribution in [1.82, 2.24) is 14.8 Å². The number of hydrogen-bond acceptors (Lipinski definition) is 3. The molecule has 2 N–H and O–H groups in total. The summed E-state index contributed by atoms with van der Waals surface area (Å²) in [6, 6.07) is 6.07. The monoisotopic (exact) mass is 322 g/mol. The van der Waals surface area contributed by atoms with Gasteiger partial charge >= 0.3 is 0 Å². The first-order valence-corrected chi connectivity index (χ1v) is 7.30. The SMILES string of the molecule is CCCn1ncnc1CC(N)c1cccc(Br)c1C. The van der Waals surface area contributed by atoms with Crippen molar-refractivity contribution in [3.05, 3.63) is 46.0 Å². The van der Waals surface area contributed by atoms with E-state index in [1.54, 1.807) is 6.33 Å². The first kappa shape index (κ1) is 14.2. The van der Waals surface area contributed by atoms with Gasteiger partial charge in [-0.2, -0.15) is 5.10 Å². The molecule has 1 atom stereocenters. The second-order valence-electron chi connectivity index (χ2n) is 4.66. The van der Waals surface area contributed by atoms with Gasteiger partial charge in [-0.15, -0.1) is 0 Å². The van der Waals surface area contributed by atoms with E-state index in [4.69, 9.17) is 5.73 Å². The second-order valence-corrected chi connectivity index (χ2v) is 5.52. The van der Waals surface area contributed by atoms with Crippen LogP contribution in [0.4, 0.5) is 0 Å². The van der Waals surface area contributed by atoms with E-state index >= 15 is 0 Å². The Morgan fingerprint density at radius 2 is 2.21 bits per heavy atom. The third kappa shape index (κ3) is 3.22. The molecular formula is C14H19BrN4. The highest BCUT2D eigenvalue weighted by Crippen LogP contribution is 2.25. The van der Waals surface area contributed by atoms with Crippen molar-refractivity contribution in [3.8, 4) is 0 Å². The Morgan fingerprint density at radius 1 is 1.42 bits per heavy atom. The molecule has 1 aromatic carbocycles. The zero-order valence-corrected chi connectivity index (χ0v) is 12.9. The number of aromatic nitrogens is 3. The largest absolute Gasteiger partial charge is 0.324 e. The topological polar surface area (TPSA) is 56.7 Å². The van der Waals surface area contributed by atoms with Gasteiger partial charge in [0.05, 0.1) is 0 Å². The van der Waals surface area contributed by atoms with Crippen molar-refractivity contribution in [1.29, 1.82) is 0 Å². The van der Waals surface area contributed by atoms with Crippen LogP contribution in [-0.4, -0.2) is 14.8 Å². The molecule has 0 bridgehead atoms. The molecule has 0 radical (unpaired) electrons. The summed E-state index contributed by atoms with van der Waals surface area (Å²) >= 11 is 3.54. The molecule has 2 rings (SSSR count). The van der Waals surface area contributed by atoms with E-state index in [2.05, 4.69) is 45.9 Å². The lowest BCUT2D eigenvalue weighted by Crippen LogP contribution is -2.18. The minimum Gasteiger partial charge on any atom is -0.324 e. The summed E-state index contributed by atoms with van der Waals surface area (Å²) in [6.07, 6.45) is 3.35. The van der Waals surface area contributed by atoms with Gasteiger partial charge in [-0.05, 0) is 30.5 Å². The highest BCUT2D eigenvalue weighted by atomic mass is 79.9. The average Bonchev–Trinajstić information content (AvgIpc) is 2.80. The van der Waals surface area contributed by atoms with Gasteiger partial charge < -0.3 is 5.73 Å². The smallest absolute Gasteiger partial charge is 0.138 e. The standard InChI is InChI=1S/C14H19BrN4/c1-3-7-19-14(17-9-18-19)8-13(16)11-5-4-6-12(15)10(11)2/h4-6,9,13H,3,7-8,16H2,1-2H3. The first-order chi connectivity index (χ1) is 9.13. The van der Waals surface area contributed by atoms with E-state index in [0.29, 0.717) is 6.42 Å². The van der Waals surface area contributed by atoms with Crippen molar-refractivity contribution in [2.24, 2.45) is 5.73 Å². The maximum Gasteiger partial charge on any atom is 0.138 e. The van der Waals surface area contributed by atoms with Crippen LogP contribution in [0, 0.1) is 6.92 Å². The van der Waals surface area contributed by atoms with Crippen LogP contribution in [0.3, 0.4) is 0 Å². The Morgan fingerprint density at radius 3 is 2.95 bits per heavy atom. The lowest BCUT2D eigenvalue weighted by atomic mass is 9.99. The van der Waals surface area contributed by atoms with Gasteiger partial charge in [0, 0.05) is 23.5 Å². The fourth-order valence-corrected chi connectivity index (χ4v) is 2.56. The van der Waals surface area contributed by atoms with Gasteiger partial charge in [0.25, 0.3) is 0 Å². The van der Waals surface area contributed by atoms with Crippen LogP contribution in [0.2, 0.25) is 0 Å². The zero-order chi connectivity index (χ0) is 13.8. The zero-order valence-electron chi connectivity index (χ0n) is 11.3. The molecule has 0 amide bonds. The fraction of sp³-hybridized carbons (Fsp3) is 0.429. The molecule has 1 heterocycles. The van der Waals surface area contributed by atoms with Crippen LogP contribution in [0.25, 0.3) is 0 Å². The molecule has 19 heavy (non-hydrogen) atoms. The van der Waals surface area contributed by atoms with Crippen molar-refractivity contribution >= 4 is 15.9 Å². The second kappa shape index (κ2) is 6.30. The van der Waals surface area contributed by atoms with Crippen LogP contribution in [0.1, 0.15) is 36.3 Å². The van der Waals surface area contributed by atoms with Crippen LogP contribution in [0.5, 0.6) is 0 Å². The van der Waals surface area contributed by atoms with Crippen LogP contribution in [-0.2, 0) is 13.0 Å². The van der Waals surface area contributed by atoms with Crippen LogP contribution >= 0.6 is 15.9 Å². The highest BCUT2D eigenvalue weighted by molar-refractivity contribution is 9.10. The van der Waals surface area contributed by atoms with Gasteiger partial charge in [0.2, 0.25) is 0 Å². The van der Waals surface area contributed by atoms with E-state index in [-0.39, 0.29) is 6.04 Å². The minimum atomic E-state index is -0.0580. The fourth-order valence-electron chi connectivity index (χ4n) is 2.18. The Bertz CT molecular complexity index is 550. The Labute approximate surface area is 122 Å². The van der Waals surface area contributed by atoms with Crippen molar-refractivity contribution in [3.63, 3.8) is 0 Å². The summed E-state index contributed by atoms with van der Waals surface area (Å²) in [5.74, 6) is 0.953. The van der Waals surface area contributed by atoms with Crippen molar-refractivity contribution < 1.29 is 0 Å². The molecule has 1 aromatic heterocycles. The molecule has 0 spiro atoms. The maximum atomic E-state index is 6.32. The third-order valence-corrected chi connectivity index (χ3v) is 4.10. The number of rotatable bonds is 5. The lowest BCUT2D eigenvalue weighted by molar-refractivity contribution is 0.547. The number of halogens is 1. The van der Waals surface area contributed by atoms with Gasteiger partial charge in [-0.3, -0.25) is 4.68 Å². The average molecular weight is 323 g/mol.